The van der Waals surface area contributed by atoms with Crippen LogP contribution in [0.1, 0.15) is 25.7 Å². The number of nitrogens with zero attached hydrogens (tertiary/aromatic N) is 3. The van der Waals surface area contributed by atoms with Gasteiger partial charge in [-0.05, 0) is 31.0 Å². The van der Waals surface area contributed by atoms with Gasteiger partial charge in [-0.3, -0.25) is 19.4 Å². The van der Waals surface area contributed by atoms with Crippen LogP contribution in [0.15, 0.2) is 29.2 Å². The van der Waals surface area contributed by atoms with E-state index in [-0.39, 0.29) is 48.3 Å². The molecule has 2 saturated heterocycles. The van der Waals surface area contributed by atoms with Gasteiger partial charge in [0.25, 0.3) is 0 Å². The first-order chi connectivity index (χ1) is 13.4. The van der Waals surface area contributed by atoms with E-state index >= 15 is 0 Å². The number of piperazine rings is 1. The second-order valence-electron chi connectivity index (χ2n) is 7.72. The molecule has 2 aliphatic heterocycles. The first-order valence-electron chi connectivity index (χ1n) is 9.71. The van der Waals surface area contributed by atoms with Crippen molar-refractivity contribution in [1.82, 2.24) is 14.1 Å². The number of amides is 2. The summed E-state index contributed by atoms with van der Waals surface area (Å²) in [5.74, 6) is -1.09. The highest BCUT2D eigenvalue weighted by Crippen LogP contribution is 2.38. The number of imide groups is 1. The van der Waals surface area contributed by atoms with Crippen LogP contribution in [0.3, 0.4) is 0 Å². The molecule has 0 spiro atoms. The van der Waals surface area contributed by atoms with E-state index in [1.54, 1.807) is 0 Å². The molecular formula is C19H24FN3O4S. The van der Waals surface area contributed by atoms with Crippen molar-refractivity contribution in [3.05, 3.63) is 30.1 Å². The summed E-state index contributed by atoms with van der Waals surface area (Å²) in [4.78, 5) is 28.4. The van der Waals surface area contributed by atoms with Gasteiger partial charge in [-0.25, -0.2) is 12.8 Å². The monoisotopic (exact) mass is 409 g/mol. The van der Waals surface area contributed by atoms with Gasteiger partial charge < -0.3 is 0 Å². The summed E-state index contributed by atoms with van der Waals surface area (Å²) < 4.78 is 40.1. The lowest BCUT2D eigenvalue weighted by molar-refractivity contribution is -0.142. The number of carbonyl (C=O) groups excluding carboxylic acids is 2. The highest BCUT2D eigenvalue weighted by molar-refractivity contribution is 7.89. The van der Waals surface area contributed by atoms with Crippen LogP contribution >= 0.6 is 0 Å². The second-order valence-corrected chi connectivity index (χ2v) is 9.66. The van der Waals surface area contributed by atoms with E-state index in [1.807, 2.05) is 4.90 Å². The van der Waals surface area contributed by atoms with Crippen LogP contribution in [0.4, 0.5) is 4.39 Å². The summed E-state index contributed by atoms with van der Waals surface area (Å²) in [6.07, 6.45) is 3.55. The Balaban J connectivity index is 1.38. The average molecular weight is 409 g/mol. The lowest BCUT2D eigenvalue weighted by Crippen LogP contribution is -2.52. The summed E-state index contributed by atoms with van der Waals surface area (Å²) in [5, 5.41) is 0. The zero-order chi connectivity index (χ0) is 19.9. The first-order valence-corrected chi connectivity index (χ1v) is 11.2. The van der Waals surface area contributed by atoms with Crippen molar-refractivity contribution in [2.45, 2.75) is 30.6 Å². The molecule has 7 nitrogen and oxygen atoms in total. The van der Waals surface area contributed by atoms with Crippen molar-refractivity contribution in [2.24, 2.45) is 11.8 Å². The van der Waals surface area contributed by atoms with Gasteiger partial charge in [0.1, 0.15) is 5.82 Å². The maximum Gasteiger partial charge on any atom is 0.243 e. The fourth-order valence-electron chi connectivity index (χ4n) is 4.46. The highest BCUT2D eigenvalue weighted by Gasteiger charge is 2.48. The van der Waals surface area contributed by atoms with Crippen molar-refractivity contribution < 1.29 is 22.4 Å². The second kappa shape index (κ2) is 7.53. The topological polar surface area (TPSA) is 78.0 Å². The van der Waals surface area contributed by atoms with Gasteiger partial charge in [0, 0.05) is 26.2 Å². The SMILES string of the molecule is O=C1[C@H]2CCCC[C@H]2C(=O)N1CN1CCN(S(=O)(=O)c2cccc(F)c2)CC1. The molecule has 0 bridgehead atoms. The van der Waals surface area contributed by atoms with Gasteiger partial charge in [0.2, 0.25) is 21.8 Å². The fraction of sp³-hybridized carbons (Fsp3) is 0.579. The molecule has 4 rings (SSSR count). The minimum atomic E-state index is -3.75. The molecule has 1 aliphatic carbocycles. The van der Waals surface area contributed by atoms with Gasteiger partial charge in [0.05, 0.1) is 23.4 Å². The Morgan fingerprint density at radius 2 is 1.57 bits per heavy atom. The molecule has 28 heavy (non-hydrogen) atoms. The van der Waals surface area contributed by atoms with Gasteiger partial charge >= 0.3 is 0 Å². The largest absolute Gasteiger partial charge is 0.283 e. The first kappa shape index (κ1) is 19.5. The van der Waals surface area contributed by atoms with Crippen molar-refractivity contribution in [3.63, 3.8) is 0 Å². The number of halogens is 1. The number of hydrogen-bond donors (Lipinski definition) is 0. The van der Waals surface area contributed by atoms with E-state index in [1.165, 1.54) is 27.4 Å². The van der Waals surface area contributed by atoms with Crippen molar-refractivity contribution in [3.8, 4) is 0 Å². The molecule has 1 aromatic carbocycles. The molecule has 1 saturated carbocycles. The van der Waals surface area contributed by atoms with Crippen LogP contribution in [0, 0.1) is 17.7 Å². The van der Waals surface area contributed by atoms with E-state index in [0.29, 0.717) is 13.1 Å². The molecule has 3 aliphatic rings. The summed E-state index contributed by atoms with van der Waals surface area (Å²) in [6.45, 7) is 1.53. The van der Waals surface area contributed by atoms with Gasteiger partial charge in [0.15, 0.2) is 0 Å². The number of benzene rings is 1. The molecule has 9 heteroatoms. The average Bonchev–Trinajstić information content (AvgIpc) is 2.94. The molecule has 0 N–H and O–H groups in total. The van der Waals surface area contributed by atoms with Gasteiger partial charge in [-0.15, -0.1) is 0 Å². The third-order valence-electron chi connectivity index (χ3n) is 6.04. The zero-order valence-corrected chi connectivity index (χ0v) is 16.4. The van der Waals surface area contributed by atoms with Crippen LogP contribution in [-0.2, 0) is 19.6 Å². The maximum atomic E-state index is 13.4. The number of hydrogen-bond acceptors (Lipinski definition) is 5. The minimum absolute atomic E-state index is 0.0603. The van der Waals surface area contributed by atoms with Gasteiger partial charge in [-0.2, -0.15) is 4.31 Å². The van der Waals surface area contributed by atoms with Crippen LogP contribution in [0.25, 0.3) is 0 Å². The normalized spacial score (nSPS) is 27.2. The van der Waals surface area contributed by atoms with E-state index < -0.39 is 15.8 Å². The number of likely N-dealkylation sites (tertiary alicyclic amines) is 1. The molecule has 2 heterocycles. The number of rotatable bonds is 4. The lowest BCUT2D eigenvalue weighted by Gasteiger charge is -2.35. The van der Waals surface area contributed by atoms with Crippen LogP contribution in [0.2, 0.25) is 0 Å². The predicted octanol–water partition coefficient (Wildman–Crippen LogP) is 1.26. The molecule has 0 unspecified atom stereocenters. The number of fused-ring (bicyclic) bond motifs is 1. The van der Waals surface area contributed by atoms with Crippen LogP contribution in [0.5, 0.6) is 0 Å². The molecule has 152 valence electrons. The van der Waals surface area contributed by atoms with E-state index in [2.05, 4.69) is 0 Å². The Hall–Kier alpha value is -1.84. The smallest absolute Gasteiger partial charge is 0.243 e. The predicted molar refractivity (Wildman–Crippen MR) is 98.9 cm³/mol. The Morgan fingerprint density at radius 1 is 0.964 bits per heavy atom. The van der Waals surface area contributed by atoms with Crippen LogP contribution in [-0.4, -0.2) is 67.2 Å². The minimum Gasteiger partial charge on any atom is -0.283 e. The number of carbonyl (C=O) groups is 2. The van der Waals surface area contributed by atoms with Gasteiger partial charge in [-0.1, -0.05) is 18.9 Å². The van der Waals surface area contributed by atoms with Crippen molar-refractivity contribution >= 4 is 21.8 Å². The molecule has 2 atom stereocenters. The molecule has 1 aromatic rings. The molecule has 2 amide bonds. The van der Waals surface area contributed by atoms with Crippen molar-refractivity contribution in [1.29, 1.82) is 0 Å². The third kappa shape index (κ3) is 3.46. The summed E-state index contributed by atoms with van der Waals surface area (Å²) in [6, 6.07) is 4.99. The molecule has 0 radical (unpaired) electrons. The summed E-state index contributed by atoms with van der Waals surface area (Å²) in [5.41, 5.74) is 0. The van der Waals surface area contributed by atoms with E-state index in [4.69, 9.17) is 0 Å². The standard InChI is InChI=1S/C19H24FN3O4S/c20-14-4-3-5-15(12-14)28(26,27)22-10-8-21(9-11-22)13-23-18(24)16-6-1-2-7-17(16)19(23)25/h3-5,12,16-17H,1-2,6-11,13H2/t16-,17+. The maximum absolute atomic E-state index is 13.4. The summed E-state index contributed by atoms with van der Waals surface area (Å²) >= 11 is 0. The Morgan fingerprint density at radius 3 is 2.14 bits per heavy atom. The summed E-state index contributed by atoms with van der Waals surface area (Å²) in [7, 11) is -3.75. The van der Waals surface area contributed by atoms with E-state index in [9.17, 15) is 22.4 Å². The van der Waals surface area contributed by atoms with Crippen LogP contribution < -0.4 is 0 Å². The lowest BCUT2D eigenvalue weighted by atomic mass is 9.81. The quantitative estimate of drug-likeness (QED) is 0.700. The van der Waals surface area contributed by atoms with Crippen molar-refractivity contribution in [2.75, 3.05) is 32.8 Å². The third-order valence-corrected chi connectivity index (χ3v) is 7.93. The number of sulfonamides is 1. The Bertz CT molecular complexity index is 859. The zero-order valence-electron chi connectivity index (χ0n) is 15.6. The highest BCUT2D eigenvalue weighted by atomic mass is 32.2. The molecule has 0 aromatic heterocycles. The fourth-order valence-corrected chi connectivity index (χ4v) is 5.91. The molecular weight excluding hydrogens is 385 g/mol. The Labute approximate surface area is 164 Å². The Kier molecular flexibility index (Phi) is 5.24. The molecule has 3 fully saturated rings. The van der Waals surface area contributed by atoms with E-state index in [0.717, 1.165) is 31.7 Å².